The zero-order valence-electron chi connectivity index (χ0n) is 12.7. The van der Waals surface area contributed by atoms with Crippen molar-refractivity contribution in [2.75, 3.05) is 25.0 Å². The van der Waals surface area contributed by atoms with Crippen molar-refractivity contribution in [1.82, 2.24) is 5.32 Å². The van der Waals surface area contributed by atoms with Crippen LogP contribution in [0.1, 0.15) is 33.1 Å². The Kier molecular flexibility index (Phi) is 5.48. The molecule has 1 fully saturated rings. The number of rotatable bonds is 5. The van der Waals surface area contributed by atoms with Crippen LogP contribution in [0.3, 0.4) is 0 Å². The Morgan fingerprint density at radius 3 is 2.71 bits per heavy atom. The molecular weight excluding hydrogens is 288 g/mol. The largest absolute Gasteiger partial charge is 0.492 e. The van der Waals surface area contributed by atoms with Gasteiger partial charge in [-0.2, -0.15) is 0 Å². The van der Waals surface area contributed by atoms with Gasteiger partial charge in [-0.15, -0.1) is 0 Å². The standard InChI is InChI=1S/C16H23ClN2O2/c1-3-16(7-9-18-10-8-16)15(20)19-13-11-12(17)5-6-14(13)21-4-2/h5-6,11,18H,3-4,7-10H2,1-2H3,(H,19,20). The number of carbonyl (C=O) groups excluding carboxylic acids is 1. The van der Waals surface area contributed by atoms with E-state index in [4.69, 9.17) is 16.3 Å². The lowest BCUT2D eigenvalue weighted by atomic mass is 9.76. The highest BCUT2D eigenvalue weighted by atomic mass is 35.5. The van der Waals surface area contributed by atoms with Crippen LogP contribution in [0.15, 0.2) is 18.2 Å². The molecule has 1 amide bonds. The van der Waals surface area contributed by atoms with Gasteiger partial charge in [-0.25, -0.2) is 0 Å². The first kappa shape index (κ1) is 16.1. The molecule has 0 bridgehead atoms. The van der Waals surface area contributed by atoms with E-state index >= 15 is 0 Å². The Hall–Kier alpha value is -1.26. The molecule has 116 valence electrons. The number of anilines is 1. The number of nitrogens with one attached hydrogen (secondary N) is 2. The van der Waals surface area contributed by atoms with E-state index in [1.165, 1.54) is 0 Å². The van der Waals surface area contributed by atoms with Crippen LogP contribution in [-0.4, -0.2) is 25.6 Å². The Bertz CT molecular complexity index is 499. The highest BCUT2D eigenvalue weighted by Crippen LogP contribution is 2.36. The van der Waals surface area contributed by atoms with Gasteiger partial charge in [0.25, 0.3) is 0 Å². The van der Waals surface area contributed by atoms with Crippen LogP contribution in [0.4, 0.5) is 5.69 Å². The average molecular weight is 311 g/mol. The van der Waals surface area contributed by atoms with Gasteiger partial charge in [-0.3, -0.25) is 4.79 Å². The van der Waals surface area contributed by atoms with Crippen molar-refractivity contribution in [2.45, 2.75) is 33.1 Å². The number of amides is 1. The highest BCUT2D eigenvalue weighted by molar-refractivity contribution is 6.31. The summed E-state index contributed by atoms with van der Waals surface area (Å²) in [5.74, 6) is 0.727. The summed E-state index contributed by atoms with van der Waals surface area (Å²) in [5.41, 5.74) is 0.359. The van der Waals surface area contributed by atoms with Gasteiger partial charge in [-0.1, -0.05) is 18.5 Å². The lowest BCUT2D eigenvalue weighted by Gasteiger charge is -2.35. The van der Waals surface area contributed by atoms with Gasteiger partial charge in [0.1, 0.15) is 5.75 Å². The fourth-order valence-electron chi connectivity index (χ4n) is 2.78. The fourth-order valence-corrected chi connectivity index (χ4v) is 2.95. The van der Waals surface area contributed by atoms with Crippen molar-refractivity contribution in [3.63, 3.8) is 0 Å². The molecule has 0 saturated carbocycles. The van der Waals surface area contributed by atoms with Gasteiger partial charge < -0.3 is 15.4 Å². The number of piperidine rings is 1. The minimum Gasteiger partial charge on any atom is -0.492 e. The summed E-state index contributed by atoms with van der Waals surface area (Å²) in [5, 5.41) is 6.92. The summed E-state index contributed by atoms with van der Waals surface area (Å²) in [7, 11) is 0. The zero-order valence-corrected chi connectivity index (χ0v) is 13.4. The molecule has 2 N–H and O–H groups in total. The average Bonchev–Trinajstić information content (AvgIpc) is 2.50. The van der Waals surface area contributed by atoms with E-state index in [2.05, 4.69) is 17.6 Å². The summed E-state index contributed by atoms with van der Waals surface area (Å²) >= 11 is 6.04. The molecule has 0 aromatic heterocycles. The molecule has 21 heavy (non-hydrogen) atoms. The van der Waals surface area contributed by atoms with Crippen LogP contribution in [-0.2, 0) is 4.79 Å². The third kappa shape index (κ3) is 3.69. The molecule has 0 atom stereocenters. The second kappa shape index (κ2) is 7.14. The maximum atomic E-state index is 12.8. The van der Waals surface area contributed by atoms with Gasteiger partial charge >= 0.3 is 0 Å². The molecule has 1 aromatic carbocycles. The Morgan fingerprint density at radius 2 is 2.10 bits per heavy atom. The van der Waals surface area contributed by atoms with E-state index in [0.717, 1.165) is 32.4 Å². The molecule has 2 rings (SSSR count). The quantitative estimate of drug-likeness (QED) is 0.875. The Morgan fingerprint density at radius 1 is 1.38 bits per heavy atom. The van der Waals surface area contributed by atoms with Gasteiger partial charge in [0, 0.05) is 5.02 Å². The molecular formula is C16H23ClN2O2. The molecule has 0 radical (unpaired) electrons. The monoisotopic (exact) mass is 310 g/mol. The first-order valence-electron chi connectivity index (χ1n) is 7.56. The molecule has 1 aromatic rings. The molecule has 4 nitrogen and oxygen atoms in total. The van der Waals surface area contributed by atoms with Crippen LogP contribution in [0.25, 0.3) is 0 Å². The zero-order chi connectivity index (χ0) is 15.3. The minimum absolute atomic E-state index is 0.0646. The number of carbonyl (C=O) groups is 1. The van der Waals surface area contributed by atoms with Crippen LogP contribution < -0.4 is 15.4 Å². The number of halogens is 1. The smallest absolute Gasteiger partial charge is 0.230 e. The summed E-state index contributed by atoms with van der Waals surface area (Å²) in [6.07, 6.45) is 2.56. The van der Waals surface area contributed by atoms with Gasteiger partial charge in [0.15, 0.2) is 0 Å². The third-order valence-corrected chi connectivity index (χ3v) is 4.44. The lowest BCUT2D eigenvalue weighted by Crippen LogP contribution is -2.44. The molecule has 0 aliphatic carbocycles. The van der Waals surface area contributed by atoms with E-state index < -0.39 is 0 Å². The first-order chi connectivity index (χ1) is 10.1. The third-order valence-electron chi connectivity index (χ3n) is 4.21. The van der Waals surface area contributed by atoms with Crippen molar-refractivity contribution < 1.29 is 9.53 Å². The number of benzene rings is 1. The molecule has 1 aliphatic rings. The van der Waals surface area contributed by atoms with Crippen LogP contribution in [0.2, 0.25) is 5.02 Å². The van der Waals surface area contributed by atoms with Crippen LogP contribution >= 0.6 is 11.6 Å². The lowest BCUT2D eigenvalue weighted by molar-refractivity contribution is -0.127. The molecule has 1 heterocycles. The predicted molar refractivity (Wildman–Crippen MR) is 86.1 cm³/mol. The number of hydrogen-bond acceptors (Lipinski definition) is 3. The van der Waals surface area contributed by atoms with Gasteiger partial charge in [-0.05, 0) is 57.5 Å². The molecule has 1 aliphatic heterocycles. The molecule has 1 saturated heterocycles. The Labute approximate surface area is 131 Å². The van der Waals surface area contributed by atoms with E-state index in [-0.39, 0.29) is 11.3 Å². The van der Waals surface area contributed by atoms with Gasteiger partial charge in [0.05, 0.1) is 17.7 Å². The molecule has 0 spiro atoms. The van der Waals surface area contributed by atoms with E-state index in [0.29, 0.717) is 23.1 Å². The first-order valence-corrected chi connectivity index (χ1v) is 7.93. The van der Waals surface area contributed by atoms with E-state index in [1.54, 1.807) is 18.2 Å². The summed E-state index contributed by atoms with van der Waals surface area (Å²) in [4.78, 5) is 12.8. The van der Waals surface area contributed by atoms with Crippen molar-refractivity contribution in [3.8, 4) is 5.75 Å². The topological polar surface area (TPSA) is 50.4 Å². The Balaban J connectivity index is 2.19. The van der Waals surface area contributed by atoms with Crippen LogP contribution in [0, 0.1) is 5.41 Å². The predicted octanol–water partition coefficient (Wildman–Crippen LogP) is 3.46. The summed E-state index contributed by atoms with van der Waals surface area (Å²) < 4.78 is 5.56. The van der Waals surface area contributed by atoms with E-state index in [1.807, 2.05) is 6.92 Å². The second-order valence-corrected chi connectivity index (χ2v) is 5.85. The molecule has 0 unspecified atom stereocenters. The van der Waals surface area contributed by atoms with Crippen LogP contribution in [0.5, 0.6) is 5.75 Å². The maximum absolute atomic E-state index is 12.8. The van der Waals surface area contributed by atoms with Gasteiger partial charge in [0.2, 0.25) is 5.91 Å². The number of hydrogen-bond donors (Lipinski definition) is 2. The van der Waals surface area contributed by atoms with Crippen molar-refractivity contribution in [3.05, 3.63) is 23.2 Å². The number of ether oxygens (including phenoxy) is 1. The summed E-state index contributed by atoms with van der Waals surface area (Å²) in [6.45, 7) is 6.31. The normalized spacial score (nSPS) is 17.3. The minimum atomic E-state index is -0.295. The van der Waals surface area contributed by atoms with Crippen molar-refractivity contribution >= 4 is 23.2 Å². The van der Waals surface area contributed by atoms with E-state index in [9.17, 15) is 4.79 Å². The molecule has 5 heteroatoms. The second-order valence-electron chi connectivity index (χ2n) is 5.41. The highest BCUT2D eigenvalue weighted by Gasteiger charge is 2.38. The fraction of sp³-hybridized carbons (Fsp3) is 0.562. The SMILES string of the molecule is CCOc1ccc(Cl)cc1NC(=O)C1(CC)CCNCC1. The van der Waals surface area contributed by atoms with Crippen molar-refractivity contribution in [1.29, 1.82) is 0 Å². The maximum Gasteiger partial charge on any atom is 0.230 e. The summed E-state index contributed by atoms with van der Waals surface area (Å²) in [6, 6.07) is 5.31. The van der Waals surface area contributed by atoms with Crippen molar-refractivity contribution in [2.24, 2.45) is 5.41 Å².